The van der Waals surface area contributed by atoms with Gasteiger partial charge in [-0.25, -0.2) is 0 Å². The summed E-state index contributed by atoms with van der Waals surface area (Å²) in [7, 11) is 3.78. The lowest BCUT2D eigenvalue weighted by molar-refractivity contribution is -0.133. The lowest BCUT2D eigenvalue weighted by Gasteiger charge is -2.22. The molecule has 0 unspecified atom stereocenters. The second-order valence-electron chi connectivity index (χ2n) is 13.7. The fraction of sp³-hybridized carbons (Fsp3) is 0.949. The normalized spacial score (nSPS) is 11.7. The molecule has 0 heterocycles. The fourth-order valence-electron chi connectivity index (χ4n) is 6.37. The predicted octanol–water partition coefficient (Wildman–Crippen LogP) is 12.6. The summed E-state index contributed by atoms with van der Waals surface area (Å²) in [6, 6.07) is -0.525. The number of rotatable bonds is 35. The highest BCUT2D eigenvalue weighted by Gasteiger charge is 2.27. The number of nitrogens with zero attached hydrogens (tertiary/aromatic N) is 1. The Labute approximate surface area is 265 Å². The predicted molar refractivity (Wildman–Crippen MR) is 187 cm³/mol. The molecule has 0 aromatic carbocycles. The van der Waals surface area contributed by atoms with E-state index in [9.17, 15) is 9.59 Å². The van der Waals surface area contributed by atoms with Crippen molar-refractivity contribution in [2.75, 3.05) is 14.1 Å². The van der Waals surface area contributed by atoms with Gasteiger partial charge in [-0.3, -0.25) is 14.5 Å². The first-order valence-corrected chi connectivity index (χ1v) is 19.3. The number of ketones is 2. The maximum absolute atomic E-state index is 12.9. The van der Waals surface area contributed by atoms with Gasteiger partial charge in [0.1, 0.15) is 6.04 Å². The van der Waals surface area contributed by atoms with E-state index in [-0.39, 0.29) is 11.6 Å². The molecule has 0 saturated carbocycles. The van der Waals surface area contributed by atoms with Crippen LogP contribution in [-0.2, 0) is 9.59 Å². The summed E-state index contributed by atoms with van der Waals surface area (Å²) in [5.74, 6) is 0.279. The molecule has 0 saturated heterocycles. The average molecular weight is 592 g/mol. The monoisotopic (exact) mass is 592 g/mol. The molecule has 3 nitrogen and oxygen atoms in total. The van der Waals surface area contributed by atoms with Gasteiger partial charge in [-0.05, 0) is 26.9 Å². The Morgan fingerprint density at radius 2 is 0.548 bits per heavy atom. The van der Waals surface area contributed by atoms with Crippen molar-refractivity contribution in [2.24, 2.45) is 0 Å². The molecule has 0 amide bonds. The first-order chi connectivity index (χ1) is 20.5. The number of Topliss-reactive ketones (excluding diaryl/α,β-unsaturated/α-hetero) is 2. The zero-order chi connectivity index (χ0) is 30.9. The first-order valence-electron chi connectivity index (χ1n) is 19.3. The fourth-order valence-corrected chi connectivity index (χ4v) is 6.37. The Morgan fingerprint density at radius 3 is 0.738 bits per heavy atom. The molecule has 0 aliphatic heterocycles. The van der Waals surface area contributed by atoms with Crippen molar-refractivity contribution in [1.82, 2.24) is 4.90 Å². The molecular formula is C39H77NO2. The summed E-state index contributed by atoms with van der Waals surface area (Å²) in [6.45, 7) is 4.57. The van der Waals surface area contributed by atoms with Crippen LogP contribution in [0.2, 0.25) is 0 Å². The Balaban J connectivity index is 3.65. The quantitative estimate of drug-likeness (QED) is 0.0543. The SMILES string of the molecule is CCCCCCCCCCCCCCCCCC(=O)C(C(=O)CCCCCCCCCCCCCCCCC)N(C)C. The minimum absolute atomic E-state index is 0.139. The van der Waals surface area contributed by atoms with Crippen molar-refractivity contribution < 1.29 is 9.59 Å². The Bertz CT molecular complexity index is 527. The van der Waals surface area contributed by atoms with Gasteiger partial charge in [0, 0.05) is 12.8 Å². The summed E-state index contributed by atoms with van der Waals surface area (Å²) < 4.78 is 0. The van der Waals surface area contributed by atoms with E-state index in [1.54, 1.807) is 0 Å². The average Bonchev–Trinajstić information content (AvgIpc) is 2.97. The van der Waals surface area contributed by atoms with Crippen LogP contribution in [0.15, 0.2) is 0 Å². The van der Waals surface area contributed by atoms with Crippen LogP contribution in [0.1, 0.15) is 219 Å². The minimum atomic E-state index is -0.525. The van der Waals surface area contributed by atoms with Crippen LogP contribution in [0.3, 0.4) is 0 Å². The van der Waals surface area contributed by atoms with E-state index in [1.165, 1.54) is 167 Å². The highest BCUT2D eigenvalue weighted by Crippen LogP contribution is 2.17. The third kappa shape index (κ3) is 28.1. The van der Waals surface area contributed by atoms with Crippen LogP contribution >= 0.6 is 0 Å². The summed E-state index contributed by atoms with van der Waals surface area (Å²) >= 11 is 0. The molecule has 0 aliphatic rings. The molecule has 0 bridgehead atoms. The van der Waals surface area contributed by atoms with Gasteiger partial charge >= 0.3 is 0 Å². The molecule has 0 aliphatic carbocycles. The van der Waals surface area contributed by atoms with E-state index in [4.69, 9.17) is 0 Å². The van der Waals surface area contributed by atoms with Gasteiger partial charge < -0.3 is 0 Å². The van der Waals surface area contributed by atoms with Gasteiger partial charge in [-0.2, -0.15) is 0 Å². The number of hydrogen-bond donors (Lipinski definition) is 0. The standard InChI is InChI=1S/C39H77NO2/c1-5-7-9-11-13-15-17-19-21-23-25-27-29-31-33-35-37(41)39(40(3)4)38(42)36-34-32-30-28-26-24-22-20-18-16-14-12-10-8-6-2/h39H,5-36H2,1-4H3. The van der Waals surface area contributed by atoms with Crippen LogP contribution in [-0.4, -0.2) is 36.6 Å². The molecular weight excluding hydrogens is 514 g/mol. The number of unbranched alkanes of at least 4 members (excludes halogenated alkanes) is 28. The van der Waals surface area contributed by atoms with Crippen molar-refractivity contribution >= 4 is 11.6 Å². The second-order valence-corrected chi connectivity index (χ2v) is 13.7. The van der Waals surface area contributed by atoms with E-state index >= 15 is 0 Å². The summed E-state index contributed by atoms with van der Waals surface area (Å²) in [6.07, 6.45) is 41.0. The molecule has 0 aromatic heterocycles. The van der Waals surface area contributed by atoms with Crippen LogP contribution in [0.4, 0.5) is 0 Å². The molecule has 0 fully saturated rings. The third-order valence-electron chi connectivity index (χ3n) is 9.18. The van der Waals surface area contributed by atoms with Gasteiger partial charge in [0.25, 0.3) is 0 Å². The molecule has 3 heteroatoms. The molecule has 0 atom stereocenters. The van der Waals surface area contributed by atoms with Crippen LogP contribution < -0.4 is 0 Å². The highest BCUT2D eigenvalue weighted by molar-refractivity contribution is 6.06. The van der Waals surface area contributed by atoms with Gasteiger partial charge in [0.2, 0.25) is 0 Å². The van der Waals surface area contributed by atoms with Crippen LogP contribution in [0.5, 0.6) is 0 Å². The van der Waals surface area contributed by atoms with Crippen molar-refractivity contribution in [1.29, 1.82) is 0 Å². The van der Waals surface area contributed by atoms with Crippen molar-refractivity contribution in [2.45, 2.75) is 225 Å². The Morgan fingerprint density at radius 1 is 0.357 bits per heavy atom. The van der Waals surface area contributed by atoms with Gasteiger partial charge in [-0.15, -0.1) is 0 Å². The van der Waals surface area contributed by atoms with E-state index < -0.39 is 6.04 Å². The van der Waals surface area contributed by atoms with Crippen LogP contribution in [0.25, 0.3) is 0 Å². The van der Waals surface area contributed by atoms with Crippen molar-refractivity contribution in [3.05, 3.63) is 0 Å². The molecule has 0 rings (SSSR count). The van der Waals surface area contributed by atoms with Gasteiger partial charge in [0.05, 0.1) is 0 Å². The second kappa shape index (κ2) is 33.2. The largest absolute Gasteiger partial charge is 0.297 e. The molecule has 0 radical (unpaired) electrons. The minimum Gasteiger partial charge on any atom is -0.297 e. The maximum atomic E-state index is 12.9. The molecule has 0 aromatic rings. The van der Waals surface area contributed by atoms with Gasteiger partial charge in [-0.1, -0.05) is 194 Å². The lowest BCUT2D eigenvalue weighted by Crippen LogP contribution is -2.42. The Kier molecular flexibility index (Phi) is 32.6. The summed E-state index contributed by atoms with van der Waals surface area (Å²) in [5, 5.41) is 0. The zero-order valence-electron chi connectivity index (χ0n) is 29.5. The summed E-state index contributed by atoms with van der Waals surface area (Å²) in [4.78, 5) is 27.6. The zero-order valence-corrected chi connectivity index (χ0v) is 29.5. The highest BCUT2D eigenvalue weighted by atomic mass is 16.2. The molecule has 0 N–H and O–H groups in total. The maximum Gasteiger partial charge on any atom is 0.157 e. The smallest absolute Gasteiger partial charge is 0.157 e. The molecule has 250 valence electrons. The third-order valence-corrected chi connectivity index (χ3v) is 9.18. The molecule has 0 spiro atoms. The number of hydrogen-bond acceptors (Lipinski definition) is 3. The van der Waals surface area contributed by atoms with Crippen molar-refractivity contribution in [3.63, 3.8) is 0 Å². The number of carbonyl (C=O) groups excluding carboxylic acids is 2. The van der Waals surface area contributed by atoms with Crippen LogP contribution in [0, 0.1) is 0 Å². The molecule has 42 heavy (non-hydrogen) atoms. The number of carbonyl (C=O) groups is 2. The first kappa shape index (κ1) is 41.3. The van der Waals surface area contributed by atoms with E-state index in [0.717, 1.165) is 25.7 Å². The van der Waals surface area contributed by atoms with Gasteiger partial charge in [0.15, 0.2) is 11.6 Å². The van der Waals surface area contributed by atoms with E-state index in [0.29, 0.717) is 12.8 Å². The number of likely N-dealkylation sites (N-methyl/N-ethyl adjacent to an activating group) is 1. The lowest BCUT2D eigenvalue weighted by atomic mass is 9.96. The topological polar surface area (TPSA) is 37.4 Å². The van der Waals surface area contributed by atoms with E-state index in [1.807, 2.05) is 19.0 Å². The van der Waals surface area contributed by atoms with Crippen molar-refractivity contribution in [3.8, 4) is 0 Å². The summed E-state index contributed by atoms with van der Waals surface area (Å²) in [5.41, 5.74) is 0. The Hall–Kier alpha value is -0.700. The van der Waals surface area contributed by atoms with E-state index in [2.05, 4.69) is 13.8 Å².